The van der Waals surface area contributed by atoms with Crippen molar-refractivity contribution >= 4 is 20.8 Å². The SMILES string of the molecule is CCCCc1oc2ccccc2c1S(=O)(=O)c1ccc(O)cc1. The molecule has 0 amide bonds. The van der Waals surface area contributed by atoms with Crippen molar-refractivity contribution in [2.75, 3.05) is 0 Å². The lowest BCUT2D eigenvalue weighted by atomic mass is 10.2. The van der Waals surface area contributed by atoms with Gasteiger partial charge >= 0.3 is 0 Å². The molecule has 23 heavy (non-hydrogen) atoms. The van der Waals surface area contributed by atoms with Gasteiger partial charge in [0.2, 0.25) is 9.84 Å². The van der Waals surface area contributed by atoms with Crippen molar-refractivity contribution in [1.29, 1.82) is 0 Å². The number of aryl methyl sites for hydroxylation is 1. The maximum atomic E-state index is 13.1. The Labute approximate surface area is 135 Å². The van der Waals surface area contributed by atoms with E-state index >= 15 is 0 Å². The van der Waals surface area contributed by atoms with Gasteiger partial charge in [-0.05, 0) is 42.8 Å². The molecule has 0 aliphatic rings. The van der Waals surface area contributed by atoms with E-state index in [2.05, 4.69) is 6.92 Å². The number of benzene rings is 2. The number of hydrogen-bond acceptors (Lipinski definition) is 4. The summed E-state index contributed by atoms with van der Waals surface area (Å²) in [4.78, 5) is 0.395. The fourth-order valence-electron chi connectivity index (χ4n) is 2.61. The molecule has 0 spiro atoms. The van der Waals surface area contributed by atoms with Crippen LogP contribution < -0.4 is 0 Å². The van der Waals surface area contributed by atoms with E-state index in [4.69, 9.17) is 4.42 Å². The number of furan rings is 1. The second-order valence-electron chi connectivity index (χ2n) is 5.45. The minimum absolute atomic E-state index is 0.0345. The van der Waals surface area contributed by atoms with Gasteiger partial charge < -0.3 is 9.52 Å². The fraction of sp³-hybridized carbons (Fsp3) is 0.222. The molecular weight excluding hydrogens is 312 g/mol. The van der Waals surface area contributed by atoms with Crippen LogP contribution in [0.4, 0.5) is 0 Å². The summed E-state index contributed by atoms with van der Waals surface area (Å²) >= 11 is 0. The lowest BCUT2D eigenvalue weighted by Gasteiger charge is -2.06. The molecule has 1 aromatic heterocycles. The normalized spacial score (nSPS) is 11.9. The van der Waals surface area contributed by atoms with E-state index in [0.29, 0.717) is 23.2 Å². The number of phenols is 1. The monoisotopic (exact) mass is 330 g/mol. The molecule has 4 nitrogen and oxygen atoms in total. The zero-order chi connectivity index (χ0) is 16.4. The first kappa shape index (κ1) is 15.6. The van der Waals surface area contributed by atoms with Crippen molar-refractivity contribution in [3.8, 4) is 5.75 Å². The van der Waals surface area contributed by atoms with Crippen LogP contribution in [-0.4, -0.2) is 13.5 Å². The molecule has 3 rings (SSSR count). The molecule has 0 atom stereocenters. The molecule has 0 bridgehead atoms. The number of unbranched alkanes of at least 4 members (excludes halogenated alkanes) is 1. The Morgan fingerprint density at radius 1 is 1.04 bits per heavy atom. The molecule has 0 saturated heterocycles. The van der Waals surface area contributed by atoms with Crippen LogP contribution in [0.2, 0.25) is 0 Å². The molecule has 120 valence electrons. The van der Waals surface area contributed by atoms with Crippen molar-refractivity contribution in [3.63, 3.8) is 0 Å². The fourth-order valence-corrected chi connectivity index (χ4v) is 4.24. The van der Waals surface area contributed by atoms with E-state index in [1.807, 2.05) is 6.07 Å². The number of rotatable bonds is 5. The molecule has 0 saturated carbocycles. The molecule has 1 N–H and O–H groups in total. The van der Waals surface area contributed by atoms with Gasteiger partial charge in [-0.25, -0.2) is 8.42 Å². The molecular formula is C18H18O4S. The van der Waals surface area contributed by atoms with Crippen LogP contribution in [0.5, 0.6) is 5.75 Å². The molecule has 3 aromatic rings. The van der Waals surface area contributed by atoms with Crippen LogP contribution >= 0.6 is 0 Å². The second-order valence-corrected chi connectivity index (χ2v) is 7.34. The van der Waals surface area contributed by atoms with E-state index < -0.39 is 9.84 Å². The van der Waals surface area contributed by atoms with Crippen molar-refractivity contribution < 1.29 is 17.9 Å². The summed E-state index contributed by atoms with van der Waals surface area (Å²) in [5.41, 5.74) is 0.580. The Hall–Kier alpha value is -2.27. The van der Waals surface area contributed by atoms with Gasteiger partial charge in [-0.2, -0.15) is 0 Å². The molecule has 0 aliphatic heterocycles. The van der Waals surface area contributed by atoms with Gasteiger partial charge in [-0.15, -0.1) is 0 Å². The van der Waals surface area contributed by atoms with Gasteiger partial charge in [0.1, 0.15) is 22.0 Å². The Balaban J connectivity index is 2.22. The van der Waals surface area contributed by atoms with E-state index in [0.717, 1.165) is 12.8 Å². The van der Waals surface area contributed by atoms with Crippen molar-refractivity contribution in [2.24, 2.45) is 0 Å². The van der Waals surface area contributed by atoms with Gasteiger partial charge in [0, 0.05) is 11.8 Å². The van der Waals surface area contributed by atoms with Crippen LogP contribution in [0.15, 0.2) is 62.7 Å². The lowest BCUT2D eigenvalue weighted by Crippen LogP contribution is -2.04. The molecule has 0 fully saturated rings. The second kappa shape index (κ2) is 6.08. The third kappa shape index (κ3) is 2.84. The van der Waals surface area contributed by atoms with Gasteiger partial charge in [-0.3, -0.25) is 0 Å². The molecule has 1 heterocycles. The number of fused-ring (bicyclic) bond motifs is 1. The zero-order valence-electron chi connectivity index (χ0n) is 12.8. The number of aromatic hydroxyl groups is 1. The van der Waals surface area contributed by atoms with Crippen LogP contribution in [0.3, 0.4) is 0 Å². The Morgan fingerprint density at radius 3 is 2.43 bits per heavy atom. The van der Waals surface area contributed by atoms with E-state index in [1.54, 1.807) is 18.2 Å². The van der Waals surface area contributed by atoms with E-state index in [-0.39, 0.29) is 15.5 Å². The summed E-state index contributed by atoms with van der Waals surface area (Å²) in [5, 5.41) is 9.99. The predicted octanol–water partition coefficient (Wildman–Crippen LogP) is 4.31. The lowest BCUT2D eigenvalue weighted by molar-refractivity contribution is 0.475. The number of hydrogen-bond donors (Lipinski definition) is 1. The largest absolute Gasteiger partial charge is 0.508 e. The standard InChI is InChI=1S/C18H18O4S/c1-2-3-7-17-18(15-6-4-5-8-16(15)22-17)23(20,21)14-11-9-13(19)10-12-14/h4-6,8-12,19H,2-3,7H2,1H3. The predicted molar refractivity (Wildman–Crippen MR) is 88.4 cm³/mol. The average molecular weight is 330 g/mol. The number of phenolic OH excluding ortho intramolecular Hbond substituents is 1. The first-order valence-electron chi connectivity index (χ1n) is 7.58. The quantitative estimate of drug-likeness (QED) is 0.757. The topological polar surface area (TPSA) is 67.5 Å². The molecule has 2 aromatic carbocycles. The van der Waals surface area contributed by atoms with Gasteiger partial charge in [-0.1, -0.05) is 25.5 Å². The number of para-hydroxylation sites is 1. The third-order valence-electron chi connectivity index (χ3n) is 3.79. The Kier molecular flexibility index (Phi) is 4.13. The zero-order valence-corrected chi connectivity index (χ0v) is 13.6. The molecule has 0 radical (unpaired) electrons. The number of sulfone groups is 1. The highest BCUT2D eigenvalue weighted by Crippen LogP contribution is 2.35. The van der Waals surface area contributed by atoms with Crippen molar-refractivity contribution in [3.05, 3.63) is 54.3 Å². The summed E-state index contributed by atoms with van der Waals surface area (Å²) < 4.78 is 31.9. The molecule has 5 heteroatoms. The Morgan fingerprint density at radius 2 is 1.74 bits per heavy atom. The summed E-state index contributed by atoms with van der Waals surface area (Å²) in [7, 11) is -3.70. The highest BCUT2D eigenvalue weighted by Gasteiger charge is 2.27. The smallest absolute Gasteiger partial charge is 0.210 e. The molecule has 0 unspecified atom stereocenters. The first-order valence-corrected chi connectivity index (χ1v) is 9.07. The Bertz CT molecular complexity index is 921. The van der Waals surface area contributed by atoms with E-state index in [9.17, 15) is 13.5 Å². The van der Waals surface area contributed by atoms with Crippen LogP contribution in [0.1, 0.15) is 25.5 Å². The maximum Gasteiger partial charge on any atom is 0.210 e. The van der Waals surface area contributed by atoms with Gasteiger partial charge in [0.15, 0.2) is 0 Å². The molecule has 0 aliphatic carbocycles. The highest BCUT2D eigenvalue weighted by atomic mass is 32.2. The highest BCUT2D eigenvalue weighted by molar-refractivity contribution is 7.91. The van der Waals surface area contributed by atoms with Gasteiger partial charge in [0.25, 0.3) is 0 Å². The van der Waals surface area contributed by atoms with Crippen LogP contribution in [0.25, 0.3) is 11.0 Å². The summed E-state index contributed by atoms with van der Waals surface area (Å²) in [6.45, 7) is 2.05. The van der Waals surface area contributed by atoms with E-state index in [1.165, 1.54) is 24.3 Å². The van der Waals surface area contributed by atoms with Crippen LogP contribution in [-0.2, 0) is 16.3 Å². The first-order chi connectivity index (χ1) is 11.0. The average Bonchev–Trinajstić information content (AvgIpc) is 2.92. The van der Waals surface area contributed by atoms with Crippen LogP contribution in [0, 0.1) is 0 Å². The summed E-state index contributed by atoms with van der Waals surface area (Å²) in [6, 6.07) is 12.7. The van der Waals surface area contributed by atoms with Crippen molar-refractivity contribution in [2.45, 2.75) is 36.0 Å². The minimum Gasteiger partial charge on any atom is -0.508 e. The third-order valence-corrected chi connectivity index (χ3v) is 5.67. The summed E-state index contributed by atoms with van der Waals surface area (Å²) in [6.07, 6.45) is 2.39. The summed E-state index contributed by atoms with van der Waals surface area (Å²) in [5.74, 6) is 0.535. The minimum atomic E-state index is -3.70. The maximum absolute atomic E-state index is 13.1. The van der Waals surface area contributed by atoms with Crippen molar-refractivity contribution in [1.82, 2.24) is 0 Å². The van der Waals surface area contributed by atoms with Gasteiger partial charge in [0.05, 0.1) is 4.90 Å².